The molecule has 4 atom stereocenters. The highest BCUT2D eigenvalue weighted by Gasteiger charge is 2.45. The van der Waals surface area contributed by atoms with Crippen LogP contribution in [-0.2, 0) is 15.3 Å². The minimum atomic E-state index is -0.290. The molecule has 13 heteroatoms. The van der Waals surface area contributed by atoms with Gasteiger partial charge in [0.05, 0.1) is 10.9 Å². The number of aromatic nitrogens is 1. The van der Waals surface area contributed by atoms with E-state index in [1.54, 1.807) is 11.3 Å². The third-order valence-corrected chi connectivity index (χ3v) is 17.3. The summed E-state index contributed by atoms with van der Waals surface area (Å²) in [5.41, 5.74) is 7.85. The molecule has 1 aliphatic carbocycles. The predicted octanol–water partition coefficient (Wildman–Crippen LogP) is 12.6. The number of nitrogens with zero attached hydrogens (tertiary/aromatic N) is 4. The van der Waals surface area contributed by atoms with Gasteiger partial charge in [-0.15, -0.1) is 11.3 Å². The number of aryl methyl sites for hydroxylation is 1. The number of hydrogen-bond acceptors (Lipinski definition) is 12. The lowest BCUT2D eigenvalue weighted by atomic mass is 9.77. The van der Waals surface area contributed by atoms with Crippen LogP contribution < -0.4 is 19.9 Å². The van der Waals surface area contributed by atoms with Crippen molar-refractivity contribution >= 4 is 93.0 Å². The van der Waals surface area contributed by atoms with Crippen molar-refractivity contribution in [1.29, 1.82) is 0 Å². The summed E-state index contributed by atoms with van der Waals surface area (Å²) in [6, 6.07) is 26.0. The number of fused-ring (bicyclic) bond motifs is 4. The molecule has 0 radical (unpaired) electrons. The minimum absolute atomic E-state index is 0.0168. The van der Waals surface area contributed by atoms with Crippen molar-refractivity contribution in [3.63, 3.8) is 0 Å². The van der Waals surface area contributed by atoms with E-state index in [2.05, 4.69) is 95.1 Å². The van der Waals surface area contributed by atoms with Gasteiger partial charge in [-0.25, -0.2) is 4.31 Å². The Morgan fingerprint density at radius 2 is 1.85 bits per heavy atom. The normalized spacial score (nSPS) is 21.0. The number of anilines is 3. The number of carbonyl (C=O) groups excluding carboxylic acids is 3. The highest BCUT2D eigenvalue weighted by molar-refractivity contribution is 7.96. The molecule has 9 rings (SSSR count). The van der Waals surface area contributed by atoms with Crippen LogP contribution in [0, 0.1) is 18.8 Å². The quantitative estimate of drug-likeness (QED) is 0.0505. The van der Waals surface area contributed by atoms with Crippen molar-refractivity contribution in [3.8, 4) is 16.2 Å². The Balaban J connectivity index is 0.836. The lowest BCUT2D eigenvalue weighted by molar-refractivity contribution is -0.110. The summed E-state index contributed by atoms with van der Waals surface area (Å²) in [7, 11) is 1.97. The summed E-state index contributed by atoms with van der Waals surface area (Å²) in [6.45, 7) is 11.3. The van der Waals surface area contributed by atoms with Crippen LogP contribution in [0.4, 0.5) is 17.4 Å². The van der Waals surface area contributed by atoms with E-state index >= 15 is 0 Å². The molecule has 4 unspecified atom stereocenters. The molecule has 0 spiro atoms. The van der Waals surface area contributed by atoms with E-state index < -0.39 is 0 Å². The molecule has 2 bridgehead atoms. The maximum atomic E-state index is 12.5. The van der Waals surface area contributed by atoms with E-state index in [1.807, 2.05) is 56.0 Å². The molecule has 4 heterocycles. The Morgan fingerprint density at radius 3 is 2.60 bits per heavy atom. The average Bonchev–Trinajstić information content (AvgIpc) is 3.97. The first-order valence-corrected chi connectivity index (χ1v) is 25.7. The van der Waals surface area contributed by atoms with E-state index in [-0.39, 0.29) is 18.2 Å². The highest BCUT2D eigenvalue weighted by atomic mass is 35.5. The number of halogens is 1. The van der Waals surface area contributed by atoms with Gasteiger partial charge in [0.15, 0.2) is 23.9 Å². The molecule has 350 valence electrons. The number of rotatable bonds is 18. The first-order valence-electron chi connectivity index (χ1n) is 23.6. The largest absolute Gasteiger partial charge is 0.483 e. The van der Waals surface area contributed by atoms with Gasteiger partial charge in [-0.05, 0) is 136 Å². The van der Waals surface area contributed by atoms with Crippen LogP contribution in [0.2, 0.25) is 5.02 Å². The van der Waals surface area contributed by atoms with Crippen molar-refractivity contribution in [2.45, 2.75) is 95.5 Å². The van der Waals surface area contributed by atoms with Gasteiger partial charge in [0.1, 0.15) is 23.4 Å². The summed E-state index contributed by atoms with van der Waals surface area (Å²) in [5.74, 6) is 2.62. The monoisotopic (exact) mass is 957 g/mol. The number of oxazole rings is 1. The maximum Gasteiger partial charge on any atom is 0.298 e. The number of nitrogens with one attached hydrogen (secondary N) is 1. The highest BCUT2D eigenvalue weighted by Crippen LogP contribution is 2.52. The molecule has 67 heavy (non-hydrogen) atoms. The Kier molecular flexibility index (Phi) is 14.2. The van der Waals surface area contributed by atoms with E-state index in [9.17, 15) is 14.4 Å². The molecule has 1 saturated carbocycles. The molecule has 2 saturated heterocycles. The Morgan fingerprint density at radius 1 is 1.04 bits per heavy atom. The van der Waals surface area contributed by atoms with Gasteiger partial charge in [-0.3, -0.25) is 9.59 Å². The molecule has 10 nitrogen and oxygen atoms in total. The maximum absolute atomic E-state index is 12.5. The van der Waals surface area contributed by atoms with E-state index in [0.29, 0.717) is 52.6 Å². The molecule has 2 aromatic heterocycles. The molecule has 3 aliphatic rings. The second-order valence-corrected chi connectivity index (χ2v) is 21.7. The number of hydrogen-bond donors (Lipinski definition) is 1. The number of thiophene rings is 1. The fraction of sp³-hybridized carbons (Fsp3) is 0.407. The summed E-state index contributed by atoms with van der Waals surface area (Å²) in [4.78, 5) is 47.1. The molecule has 0 amide bonds. The Labute approximate surface area is 407 Å². The zero-order valence-corrected chi connectivity index (χ0v) is 41.4. The zero-order chi connectivity index (χ0) is 46.8. The van der Waals surface area contributed by atoms with Crippen molar-refractivity contribution in [2.75, 3.05) is 48.4 Å². The van der Waals surface area contributed by atoms with Gasteiger partial charge in [0.25, 0.3) is 6.01 Å². The number of ether oxygens (including phenoxy) is 1. The van der Waals surface area contributed by atoms with E-state index in [0.717, 1.165) is 125 Å². The fourth-order valence-corrected chi connectivity index (χ4v) is 13.6. The van der Waals surface area contributed by atoms with Crippen LogP contribution in [0.15, 0.2) is 89.4 Å². The Hall–Kier alpha value is -5.14. The van der Waals surface area contributed by atoms with Gasteiger partial charge in [-0.1, -0.05) is 78.2 Å². The topological polar surface area (TPSA) is 108 Å². The van der Waals surface area contributed by atoms with Crippen LogP contribution >= 0.6 is 34.9 Å². The third kappa shape index (κ3) is 9.64. The fourth-order valence-electron chi connectivity index (χ4n) is 11.0. The van der Waals surface area contributed by atoms with Gasteiger partial charge in [0, 0.05) is 71.2 Å². The van der Waals surface area contributed by atoms with Gasteiger partial charge >= 0.3 is 0 Å². The number of piperidine rings is 2. The second kappa shape index (κ2) is 20.2. The molecule has 2 aliphatic heterocycles. The average molecular weight is 959 g/mol. The number of carbonyl (C=O) groups is 3. The number of aldehydes is 3. The van der Waals surface area contributed by atoms with Crippen molar-refractivity contribution in [1.82, 2.24) is 9.29 Å². The number of allylic oxidation sites excluding steroid dienone is 2. The predicted molar refractivity (Wildman–Crippen MR) is 277 cm³/mol. The molecule has 3 fully saturated rings. The summed E-state index contributed by atoms with van der Waals surface area (Å²) >= 11 is 10.2. The van der Waals surface area contributed by atoms with Crippen molar-refractivity contribution < 1.29 is 23.5 Å². The summed E-state index contributed by atoms with van der Waals surface area (Å²) in [5, 5.41) is 6.41. The van der Waals surface area contributed by atoms with Crippen molar-refractivity contribution in [2.24, 2.45) is 11.8 Å². The third-order valence-electron chi connectivity index (χ3n) is 14.3. The number of likely N-dealkylation sites (N-methyl/N-ethyl adjacent to an activating group) is 1. The molecule has 6 aromatic rings. The lowest BCUT2D eigenvalue weighted by Crippen LogP contribution is -2.49. The van der Waals surface area contributed by atoms with Crippen LogP contribution in [-0.4, -0.2) is 79.1 Å². The summed E-state index contributed by atoms with van der Waals surface area (Å²) < 4.78 is 14.6. The molecule has 4 aromatic carbocycles. The zero-order valence-electron chi connectivity index (χ0n) is 39.0. The number of benzene rings is 4. The smallest absolute Gasteiger partial charge is 0.298 e. The Bertz CT molecular complexity index is 2790. The van der Waals surface area contributed by atoms with Gasteiger partial charge in [-0.2, -0.15) is 4.98 Å². The van der Waals surface area contributed by atoms with Crippen LogP contribution in [0.1, 0.15) is 91.6 Å². The summed E-state index contributed by atoms with van der Waals surface area (Å²) in [6.07, 6.45) is 12.6. The van der Waals surface area contributed by atoms with E-state index in [1.165, 1.54) is 11.1 Å². The first-order chi connectivity index (χ1) is 32.5. The molecular formula is C54H60ClN5O5S2. The van der Waals surface area contributed by atoms with Crippen LogP contribution in [0.5, 0.6) is 5.75 Å². The lowest BCUT2D eigenvalue weighted by Gasteiger charge is -2.45. The minimum Gasteiger partial charge on any atom is -0.483 e. The first kappa shape index (κ1) is 46.9. The van der Waals surface area contributed by atoms with E-state index in [4.69, 9.17) is 25.7 Å². The van der Waals surface area contributed by atoms with Gasteiger partial charge < -0.3 is 29.1 Å². The SMILES string of the molecule is C/C=C\CCC(C=O)N(C)c1ccc(C2C3CCC2CN(c2nc4cc(CSN5CCC(Nc6cccc(-c7sc(C)c(OCC=O)c7Cl)c6)CC5(C)C)ccc4o2)C3)c2cccc(C=O)c12. The van der Waals surface area contributed by atoms with Crippen molar-refractivity contribution in [3.05, 3.63) is 112 Å². The standard InChI is InChI=1S/C54H60ClN5O5S2/c1-6-7-8-14-42(32-63)58(5)46-20-19-44(43-15-10-12-39(31-62)49(43)46)48-37-17-18-38(48)30-59(29-37)53-57-45-26-35(16-21-47(45)65-53)33-66-60-23-22-41(28-54(60,3)4)56-40-13-9-11-36(27-40)52-50(55)51(34(2)67-52)64-25-24-61/h6-7,9-13,15-16,19-21,24,26-27,31-32,37-38,41-42,48,56H,8,14,17-18,22-23,25,28-30,33H2,1-5H3/b7-6-. The molecular weight excluding hydrogens is 898 g/mol. The van der Waals surface area contributed by atoms with Crippen LogP contribution in [0.3, 0.4) is 0 Å². The second-order valence-electron chi connectivity index (χ2n) is 19.1. The van der Waals surface area contributed by atoms with Gasteiger partial charge in [0.2, 0.25) is 0 Å². The molecule has 1 N–H and O–H groups in total. The van der Waals surface area contributed by atoms with Crippen LogP contribution in [0.25, 0.3) is 32.3 Å².